The smallest absolute Gasteiger partial charge is 0.269 e. The quantitative estimate of drug-likeness (QED) is 0.641. The van der Waals surface area contributed by atoms with Gasteiger partial charge in [-0.3, -0.25) is 15.0 Å². The Morgan fingerprint density at radius 1 is 1.55 bits per heavy atom. The molecule has 5 nitrogen and oxygen atoms in total. The van der Waals surface area contributed by atoms with Crippen LogP contribution in [0.2, 0.25) is 0 Å². The van der Waals surface area contributed by atoms with Gasteiger partial charge in [0, 0.05) is 30.8 Å². The molecule has 1 aromatic carbocycles. The summed E-state index contributed by atoms with van der Waals surface area (Å²) >= 11 is 0. The number of nitrogens with one attached hydrogen (secondary N) is 1. The lowest BCUT2D eigenvalue weighted by molar-refractivity contribution is -0.385. The maximum atomic E-state index is 10.9. The average molecular weight is 277 g/mol. The molecular weight excluding hydrogens is 254 g/mol. The third-order valence-corrected chi connectivity index (χ3v) is 4.06. The van der Waals surface area contributed by atoms with Gasteiger partial charge in [-0.2, -0.15) is 0 Å². The Morgan fingerprint density at radius 3 is 2.95 bits per heavy atom. The van der Waals surface area contributed by atoms with Crippen molar-refractivity contribution in [2.24, 2.45) is 0 Å². The predicted molar refractivity (Wildman–Crippen MR) is 79.8 cm³/mol. The highest BCUT2D eigenvalue weighted by atomic mass is 16.6. The average Bonchev–Trinajstić information content (AvgIpc) is 2.92. The van der Waals surface area contributed by atoms with Crippen LogP contribution >= 0.6 is 0 Å². The zero-order chi connectivity index (χ0) is 14.5. The molecule has 0 spiro atoms. The second-order valence-electron chi connectivity index (χ2n) is 5.51. The summed E-state index contributed by atoms with van der Waals surface area (Å²) in [6, 6.07) is 7.80. The second-order valence-corrected chi connectivity index (χ2v) is 5.51. The summed E-state index contributed by atoms with van der Waals surface area (Å²) in [4.78, 5) is 12.9. The SMILES string of the molecule is CCC(c1cccc([N+](=O)[O-])c1)N(C)CC1CCCN1. The van der Waals surface area contributed by atoms with E-state index in [0.29, 0.717) is 6.04 Å². The van der Waals surface area contributed by atoms with E-state index in [2.05, 4.69) is 24.2 Å². The van der Waals surface area contributed by atoms with Gasteiger partial charge in [0.25, 0.3) is 5.69 Å². The molecule has 0 bridgehead atoms. The molecule has 2 atom stereocenters. The van der Waals surface area contributed by atoms with Crippen molar-refractivity contribution in [1.29, 1.82) is 0 Å². The minimum atomic E-state index is -0.325. The summed E-state index contributed by atoms with van der Waals surface area (Å²) in [5.74, 6) is 0. The van der Waals surface area contributed by atoms with Crippen molar-refractivity contribution in [3.8, 4) is 0 Å². The molecular formula is C15H23N3O2. The van der Waals surface area contributed by atoms with Crippen molar-refractivity contribution in [2.75, 3.05) is 20.1 Å². The number of benzene rings is 1. The number of hydrogen-bond donors (Lipinski definition) is 1. The van der Waals surface area contributed by atoms with E-state index in [-0.39, 0.29) is 16.7 Å². The van der Waals surface area contributed by atoms with Crippen LogP contribution < -0.4 is 5.32 Å². The maximum Gasteiger partial charge on any atom is 0.269 e. The third kappa shape index (κ3) is 3.55. The predicted octanol–water partition coefficient (Wildman–Crippen LogP) is 2.73. The largest absolute Gasteiger partial charge is 0.313 e. The molecule has 1 aliphatic rings. The van der Waals surface area contributed by atoms with Gasteiger partial charge in [-0.05, 0) is 38.4 Å². The zero-order valence-corrected chi connectivity index (χ0v) is 12.2. The van der Waals surface area contributed by atoms with Gasteiger partial charge in [-0.1, -0.05) is 19.1 Å². The van der Waals surface area contributed by atoms with Crippen LogP contribution in [0.5, 0.6) is 0 Å². The van der Waals surface area contributed by atoms with Crippen LogP contribution in [0, 0.1) is 10.1 Å². The molecule has 1 aliphatic heterocycles. The van der Waals surface area contributed by atoms with Crippen molar-refractivity contribution in [2.45, 2.75) is 38.3 Å². The monoisotopic (exact) mass is 277 g/mol. The summed E-state index contributed by atoms with van der Waals surface area (Å²) in [6.45, 7) is 4.22. The molecule has 1 saturated heterocycles. The molecule has 0 amide bonds. The van der Waals surface area contributed by atoms with Crippen LogP contribution in [-0.4, -0.2) is 36.0 Å². The molecule has 1 heterocycles. The van der Waals surface area contributed by atoms with Crippen LogP contribution in [0.1, 0.15) is 37.8 Å². The molecule has 2 rings (SSSR count). The molecule has 0 aliphatic carbocycles. The van der Waals surface area contributed by atoms with Crippen molar-refractivity contribution in [3.63, 3.8) is 0 Å². The van der Waals surface area contributed by atoms with Crippen molar-refractivity contribution >= 4 is 5.69 Å². The molecule has 1 fully saturated rings. The number of likely N-dealkylation sites (N-methyl/N-ethyl adjacent to an activating group) is 1. The first-order chi connectivity index (χ1) is 9.61. The number of hydrogen-bond acceptors (Lipinski definition) is 4. The van der Waals surface area contributed by atoms with Crippen LogP contribution in [0.15, 0.2) is 24.3 Å². The molecule has 110 valence electrons. The molecule has 20 heavy (non-hydrogen) atoms. The van der Waals surface area contributed by atoms with Crippen molar-refractivity contribution in [3.05, 3.63) is 39.9 Å². The summed E-state index contributed by atoms with van der Waals surface area (Å²) in [6.07, 6.45) is 3.41. The molecule has 5 heteroatoms. The van der Waals surface area contributed by atoms with E-state index >= 15 is 0 Å². The van der Waals surface area contributed by atoms with E-state index in [4.69, 9.17) is 0 Å². The van der Waals surface area contributed by atoms with E-state index in [1.165, 1.54) is 12.8 Å². The number of nitro benzene ring substituents is 1. The van der Waals surface area contributed by atoms with Crippen LogP contribution in [0.4, 0.5) is 5.69 Å². The van der Waals surface area contributed by atoms with Crippen molar-refractivity contribution < 1.29 is 4.92 Å². The molecule has 2 unspecified atom stereocenters. The van der Waals surface area contributed by atoms with Gasteiger partial charge >= 0.3 is 0 Å². The van der Waals surface area contributed by atoms with Gasteiger partial charge in [0.15, 0.2) is 0 Å². The maximum absolute atomic E-state index is 10.9. The van der Waals surface area contributed by atoms with Gasteiger partial charge in [-0.25, -0.2) is 0 Å². The van der Waals surface area contributed by atoms with Crippen LogP contribution in [0.25, 0.3) is 0 Å². The summed E-state index contributed by atoms with van der Waals surface area (Å²) in [5, 5.41) is 14.4. The Labute approximate surface area is 120 Å². The zero-order valence-electron chi connectivity index (χ0n) is 12.2. The van der Waals surface area contributed by atoms with Crippen molar-refractivity contribution in [1.82, 2.24) is 10.2 Å². The lowest BCUT2D eigenvalue weighted by Crippen LogP contribution is -2.37. The topological polar surface area (TPSA) is 58.4 Å². The third-order valence-electron chi connectivity index (χ3n) is 4.06. The highest BCUT2D eigenvalue weighted by Gasteiger charge is 2.22. The highest BCUT2D eigenvalue weighted by molar-refractivity contribution is 5.35. The van der Waals surface area contributed by atoms with Gasteiger partial charge in [0.05, 0.1) is 4.92 Å². The fourth-order valence-electron chi connectivity index (χ4n) is 3.03. The fraction of sp³-hybridized carbons (Fsp3) is 0.600. The molecule has 1 aromatic rings. The second kappa shape index (κ2) is 6.81. The first-order valence-electron chi connectivity index (χ1n) is 7.29. The molecule has 1 N–H and O–H groups in total. The lowest BCUT2D eigenvalue weighted by Gasteiger charge is -2.29. The van der Waals surface area contributed by atoms with Gasteiger partial charge < -0.3 is 5.32 Å². The Morgan fingerprint density at radius 2 is 2.35 bits per heavy atom. The van der Waals surface area contributed by atoms with Gasteiger partial charge in [-0.15, -0.1) is 0 Å². The normalized spacial score (nSPS) is 20.2. The summed E-state index contributed by atoms with van der Waals surface area (Å²) in [7, 11) is 2.10. The van der Waals surface area contributed by atoms with E-state index in [0.717, 1.165) is 25.1 Å². The standard InChI is InChI=1S/C15H23N3O2/c1-3-15(17(2)11-13-7-5-9-16-13)12-6-4-8-14(10-12)18(19)20/h4,6,8,10,13,15-16H,3,5,7,9,11H2,1-2H3. The lowest BCUT2D eigenvalue weighted by atomic mass is 10.0. The van der Waals surface area contributed by atoms with Gasteiger partial charge in [0.2, 0.25) is 0 Å². The summed E-state index contributed by atoms with van der Waals surface area (Å²) < 4.78 is 0. The fourth-order valence-corrected chi connectivity index (χ4v) is 3.03. The summed E-state index contributed by atoms with van der Waals surface area (Å²) in [5.41, 5.74) is 1.20. The van der Waals surface area contributed by atoms with E-state index in [9.17, 15) is 10.1 Å². The minimum absolute atomic E-state index is 0.174. The first-order valence-corrected chi connectivity index (χ1v) is 7.29. The molecule has 0 radical (unpaired) electrons. The number of rotatable bonds is 6. The van der Waals surface area contributed by atoms with Crippen LogP contribution in [0.3, 0.4) is 0 Å². The number of nitrogens with zero attached hydrogens (tertiary/aromatic N) is 2. The number of non-ortho nitro benzene ring substituents is 1. The molecule has 0 saturated carbocycles. The van der Waals surface area contributed by atoms with E-state index in [1.807, 2.05) is 6.07 Å². The number of nitro groups is 1. The van der Waals surface area contributed by atoms with E-state index < -0.39 is 0 Å². The highest BCUT2D eigenvalue weighted by Crippen LogP contribution is 2.26. The Bertz CT molecular complexity index is 458. The van der Waals surface area contributed by atoms with Gasteiger partial charge in [0.1, 0.15) is 0 Å². The Kier molecular flexibility index (Phi) is 5.09. The molecule has 0 aromatic heterocycles. The van der Waals surface area contributed by atoms with Crippen LogP contribution in [-0.2, 0) is 0 Å². The Balaban J connectivity index is 2.09. The Hall–Kier alpha value is -1.46. The van der Waals surface area contributed by atoms with E-state index in [1.54, 1.807) is 18.2 Å². The first kappa shape index (κ1) is 14.9. The minimum Gasteiger partial charge on any atom is -0.313 e.